The molecular weight excluding hydrogens is 412 g/mol. The first-order chi connectivity index (χ1) is 15.4. The molecule has 3 rings (SSSR count). The Morgan fingerprint density at radius 2 is 1.79 bits per heavy atom. The minimum absolute atomic E-state index is 0.179. The van der Waals surface area contributed by atoms with Crippen LogP contribution in [-0.2, 0) is 18.5 Å². The molecule has 0 aliphatic carbocycles. The van der Waals surface area contributed by atoms with Crippen molar-refractivity contribution >= 4 is 12.3 Å². The normalized spacial score (nSPS) is 18.8. The van der Waals surface area contributed by atoms with Crippen LogP contribution in [0.3, 0.4) is 0 Å². The van der Waals surface area contributed by atoms with Crippen LogP contribution in [0, 0.1) is 11.3 Å². The van der Waals surface area contributed by atoms with Gasteiger partial charge in [-0.05, 0) is 59.4 Å². The lowest BCUT2D eigenvalue weighted by molar-refractivity contribution is 0.112. The van der Waals surface area contributed by atoms with Crippen molar-refractivity contribution in [2.24, 2.45) is 11.3 Å². The molecule has 33 heavy (non-hydrogen) atoms. The topological polar surface area (TPSA) is 69.6 Å². The van der Waals surface area contributed by atoms with E-state index < -0.39 is 5.54 Å². The van der Waals surface area contributed by atoms with E-state index in [0.717, 1.165) is 41.4 Å². The molecule has 5 nitrogen and oxygen atoms in total. The van der Waals surface area contributed by atoms with Crippen LogP contribution < -0.4 is 5.32 Å². The van der Waals surface area contributed by atoms with Gasteiger partial charge in [-0.2, -0.15) is 0 Å². The first kappa shape index (κ1) is 24.6. The standard InChI is InChI=1S/C28H36N2O3/c1-19(2)24-17-30(16-20-7-9-21(18-31)10-8-20)26(33)29-28(24,6)23-12-11-22(25(32)15-23)13-14-27(3,4)5/h7-12,15,17-19,32H,13-14,16H2,1-6H3,(H,29,33)/t28-/m0/s1. The average molecular weight is 449 g/mol. The zero-order valence-corrected chi connectivity index (χ0v) is 20.6. The van der Waals surface area contributed by atoms with Crippen LogP contribution in [0.2, 0.25) is 0 Å². The maximum absolute atomic E-state index is 13.1. The molecule has 0 spiro atoms. The fourth-order valence-corrected chi connectivity index (χ4v) is 4.29. The van der Waals surface area contributed by atoms with Gasteiger partial charge in [0, 0.05) is 11.8 Å². The van der Waals surface area contributed by atoms with E-state index in [1.54, 1.807) is 23.1 Å². The number of carbonyl (C=O) groups excluding carboxylic acids is 2. The van der Waals surface area contributed by atoms with Crippen LogP contribution in [0.25, 0.3) is 0 Å². The van der Waals surface area contributed by atoms with Crippen LogP contribution >= 0.6 is 0 Å². The van der Waals surface area contributed by atoms with Crippen molar-refractivity contribution in [3.8, 4) is 5.75 Å². The van der Waals surface area contributed by atoms with E-state index >= 15 is 0 Å². The second-order valence-electron chi connectivity index (χ2n) is 10.7. The van der Waals surface area contributed by atoms with Gasteiger partial charge in [-0.3, -0.25) is 9.69 Å². The third kappa shape index (κ3) is 5.65. The maximum atomic E-state index is 13.1. The number of urea groups is 1. The quantitative estimate of drug-likeness (QED) is 0.498. The Bertz CT molecular complexity index is 1050. The molecule has 176 valence electrons. The summed E-state index contributed by atoms with van der Waals surface area (Å²) in [4.78, 5) is 25.7. The summed E-state index contributed by atoms with van der Waals surface area (Å²) in [6.45, 7) is 13.2. The van der Waals surface area contributed by atoms with Crippen molar-refractivity contribution in [2.45, 2.75) is 66.5 Å². The molecule has 0 unspecified atom stereocenters. The number of aryl methyl sites for hydroxylation is 1. The molecule has 1 atom stereocenters. The molecule has 2 amide bonds. The zero-order chi connectivity index (χ0) is 24.4. The number of aromatic hydroxyl groups is 1. The molecule has 0 radical (unpaired) electrons. The van der Waals surface area contributed by atoms with E-state index in [1.165, 1.54) is 0 Å². The highest BCUT2D eigenvalue weighted by Gasteiger charge is 2.40. The van der Waals surface area contributed by atoms with Gasteiger partial charge in [0.1, 0.15) is 12.0 Å². The summed E-state index contributed by atoms with van der Waals surface area (Å²) < 4.78 is 0. The van der Waals surface area contributed by atoms with Crippen LogP contribution in [0.5, 0.6) is 5.75 Å². The summed E-state index contributed by atoms with van der Waals surface area (Å²) in [5.74, 6) is 0.450. The number of carbonyl (C=O) groups is 2. The fourth-order valence-electron chi connectivity index (χ4n) is 4.29. The van der Waals surface area contributed by atoms with E-state index in [-0.39, 0.29) is 23.1 Å². The smallest absolute Gasteiger partial charge is 0.322 e. The maximum Gasteiger partial charge on any atom is 0.322 e. The van der Waals surface area contributed by atoms with Gasteiger partial charge < -0.3 is 10.4 Å². The van der Waals surface area contributed by atoms with Gasteiger partial charge in [-0.25, -0.2) is 4.79 Å². The third-order valence-corrected chi connectivity index (χ3v) is 6.39. The van der Waals surface area contributed by atoms with Crippen molar-refractivity contribution in [1.29, 1.82) is 0 Å². The van der Waals surface area contributed by atoms with Crippen LogP contribution in [-0.4, -0.2) is 22.3 Å². The number of nitrogens with one attached hydrogen (secondary N) is 1. The number of amides is 2. The minimum atomic E-state index is -0.719. The first-order valence-electron chi connectivity index (χ1n) is 11.6. The van der Waals surface area contributed by atoms with E-state index in [0.29, 0.717) is 12.1 Å². The summed E-state index contributed by atoms with van der Waals surface area (Å²) in [6, 6.07) is 12.8. The van der Waals surface area contributed by atoms with Crippen molar-refractivity contribution < 1.29 is 14.7 Å². The molecule has 2 aromatic carbocycles. The lowest BCUT2D eigenvalue weighted by atomic mass is 9.77. The lowest BCUT2D eigenvalue weighted by Crippen LogP contribution is -2.54. The zero-order valence-electron chi connectivity index (χ0n) is 20.6. The molecule has 5 heteroatoms. The van der Waals surface area contributed by atoms with Crippen molar-refractivity contribution in [3.05, 3.63) is 76.5 Å². The molecule has 0 saturated carbocycles. The Kier molecular flexibility index (Phi) is 7.01. The van der Waals surface area contributed by atoms with E-state index in [4.69, 9.17) is 0 Å². The lowest BCUT2D eigenvalue weighted by Gasteiger charge is -2.42. The Hall–Kier alpha value is -3.08. The summed E-state index contributed by atoms with van der Waals surface area (Å²) >= 11 is 0. The summed E-state index contributed by atoms with van der Waals surface area (Å²) in [5, 5.41) is 13.9. The van der Waals surface area contributed by atoms with Gasteiger partial charge in [0.2, 0.25) is 0 Å². The Morgan fingerprint density at radius 1 is 1.12 bits per heavy atom. The Morgan fingerprint density at radius 3 is 2.33 bits per heavy atom. The summed E-state index contributed by atoms with van der Waals surface area (Å²) in [7, 11) is 0. The molecule has 0 bridgehead atoms. The number of nitrogens with zero attached hydrogens (tertiary/aromatic N) is 1. The molecule has 0 fully saturated rings. The van der Waals surface area contributed by atoms with Gasteiger partial charge in [-0.1, -0.05) is 71.0 Å². The summed E-state index contributed by atoms with van der Waals surface area (Å²) in [5.41, 5.74) is 3.88. The molecule has 2 N–H and O–H groups in total. The molecule has 1 heterocycles. The van der Waals surface area contributed by atoms with E-state index in [9.17, 15) is 14.7 Å². The molecule has 0 saturated heterocycles. The van der Waals surface area contributed by atoms with Crippen molar-refractivity contribution in [2.75, 3.05) is 0 Å². The Labute approximate surface area is 197 Å². The molecule has 2 aromatic rings. The molecular formula is C28H36N2O3. The first-order valence-corrected chi connectivity index (χ1v) is 11.6. The van der Waals surface area contributed by atoms with Crippen molar-refractivity contribution in [3.63, 3.8) is 0 Å². The predicted molar refractivity (Wildman–Crippen MR) is 132 cm³/mol. The number of benzene rings is 2. The SMILES string of the molecule is CC(C)C1=CN(Cc2ccc(C=O)cc2)C(=O)N[C@@]1(C)c1ccc(CCC(C)(C)C)c(O)c1. The van der Waals surface area contributed by atoms with Gasteiger partial charge in [0.15, 0.2) is 0 Å². The second-order valence-corrected chi connectivity index (χ2v) is 10.7. The van der Waals surface area contributed by atoms with E-state index in [2.05, 4.69) is 39.9 Å². The number of rotatable bonds is 7. The third-order valence-electron chi connectivity index (χ3n) is 6.39. The van der Waals surface area contributed by atoms with Gasteiger partial charge in [0.05, 0.1) is 12.1 Å². The number of hydrogen-bond donors (Lipinski definition) is 2. The minimum Gasteiger partial charge on any atom is -0.508 e. The van der Waals surface area contributed by atoms with Gasteiger partial charge >= 0.3 is 6.03 Å². The number of hydrogen-bond acceptors (Lipinski definition) is 3. The highest BCUT2D eigenvalue weighted by atomic mass is 16.3. The van der Waals surface area contributed by atoms with Crippen LogP contribution in [0.15, 0.2) is 54.2 Å². The molecule has 1 aliphatic rings. The highest BCUT2D eigenvalue weighted by Crippen LogP contribution is 2.39. The number of phenolic OH excluding ortho intramolecular Hbond substituents is 1. The summed E-state index contributed by atoms with van der Waals surface area (Å²) in [6.07, 6.45) is 4.53. The van der Waals surface area contributed by atoms with Crippen LogP contribution in [0.1, 0.15) is 75.0 Å². The second kappa shape index (κ2) is 9.42. The van der Waals surface area contributed by atoms with Crippen LogP contribution in [0.4, 0.5) is 4.79 Å². The van der Waals surface area contributed by atoms with Gasteiger partial charge in [0.25, 0.3) is 0 Å². The molecule has 1 aliphatic heterocycles. The monoisotopic (exact) mass is 448 g/mol. The van der Waals surface area contributed by atoms with E-state index in [1.807, 2.05) is 37.4 Å². The number of phenols is 1. The highest BCUT2D eigenvalue weighted by molar-refractivity contribution is 5.79. The average Bonchev–Trinajstić information content (AvgIpc) is 2.74. The molecule has 0 aromatic heterocycles. The largest absolute Gasteiger partial charge is 0.508 e. The Balaban J connectivity index is 1.90. The fraction of sp³-hybridized carbons (Fsp3) is 0.429. The number of aldehydes is 1. The van der Waals surface area contributed by atoms with Gasteiger partial charge in [-0.15, -0.1) is 0 Å². The van der Waals surface area contributed by atoms with Crippen molar-refractivity contribution in [1.82, 2.24) is 10.2 Å². The predicted octanol–water partition coefficient (Wildman–Crippen LogP) is 6.16.